The zero-order valence-corrected chi connectivity index (χ0v) is 15.1. The molecule has 0 unspecified atom stereocenters. The zero-order valence-electron chi connectivity index (χ0n) is 14.3. The van der Waals surface area contributed by atoms with Crippen LogP contribution in [0.2, 0.25) is 0 Å². The third kappa shape index (κ3) is 3.78. The van der Waals surface area contributed by atoms with E-state index in [4.69, 9.17) is 0 Å². The first-order chi connectivity index (χ1) is 11.0. The first-order valence-corrected chi connectivity index (χ1v) is 10.3. The van der Waals surface area contributed by atoms with E-state index in [0.29, 0.717) is 18.0 Å². The minimum Gasteiger partial charge on any atom is -0.330 e. The van der Waals surface area contributed by atoms with E-state index < -0.39 is 10.0 Å². The second-order valence-corrected chi connectivity index (χ2v) is 9.27. The number of piperazine rings is 1. The molecule has 5 heteroatoms. The number of aryl methyl sites for hydroxylation is 1. The summed E-state index contributed by atoms with van der Waals surface area (Å²) in [7, 11) is -3.32. The number of hydrogen-bond donors (Lipinski definition) is 1. The summed E-state index contributed by atoms with van der Waals surface area (Å²) in [6.45, 7) is 7.52. The van der Waals surface area contributed by atoms with Gasteiger partial charge in [-0.15, -0.1) is 0 Å². The third-order valence-electron chi connectivity index (χ3n) is 5.62. The molecule has 3 rings (SSSR count). The monoisotopic (exact) mass is 337 g/mol. The summed E-state index contributed by atoms with van der Waals surface area (Å²) >= 11 is 0. The summed E-state index contributed by atoms with van der Waals surface area (Å²) in [5.74, 6) is 0.869. The first kappa shape index (κ1) is 16.9. The molecule has 0 aromatic heterocycles. The number of nitrogens with zero attached hydrogens (tertiary/aromatic N) is 1. The maximum Gasteiger partial charge on any atom is 0.243 e. The number of hydrogen-bond acceptors (Lipinski definition) is 2. The van der Waals surface area contributed by atoms with Gasteiger partial charge in [0.1, 0.15) is 0 Å². The van der Waals surface area contributed by atoms with Crippen LogP contribution < -0.4 is 4.90 Å². The predicted molar refractivity (Wildman–Crippen MR) is 92.1 cm³/mol. The van der Waals surface area contributed by atoms with Gasteiger partial charge in [0.15, 0.2) is 0 Å². The number of nitrogens with one attached hydrogen (secondary N) is 1. The molecule has 0 atom stereocenters. The minimum absolute atomic E-state index is 0.429. The Morgan fingerprint density at radius 1 is 1.00 bits per heavy atom. The average Bonchev–Trinajstić information content (AvgIpc) is 2.56. The molecule has 1 heterocycles. The highest BCUT2D eigenvalue weighted by Gasteiger charge is 2.34. The fourth-order valence-electron chi connectivity index (χ4n) is 3.95. The average molecular weight is 338 g/mol. The molecule has 4 nitrogen and oxygen atoms in total. The lowest BCUT2D eigenvalue weighted by Gasteiger charge is -2.38. The molecular formula is C18H29N2O2S+. The second kappa shape index (κ2) is 6.91. The van der Waals surface area contributed by atoms with Crippen LogP contribution in [-0.4, -0.2) is 44.9 Å². The highest BCUT2D eigenvalue weighted by atomic mass is 32.2. The summed E-state index contributed by atoms with van der Waals surface area (Å²) in [5, 5.41) is 0. The molecule has 2 fully saturated rings. The van der Waals surface area contributed by atoms with Crippen LogP contribution in [0.15, 0.2) is 29.2 Å². The Balaban J connectivity index is 1.61. The van der Waals surface area contributed by atoms with E-state index in [1.165, 1.54) is 25.7 Å². The smallest absolute Gasteiger partial charge is 0.243 e. The summed E-state index contributed by atoms with van der Waals surface area (Å²) < 4.78 is 27.2. The summed E-state index contributed by atoms with van der Waals surface area (Å²) in [6.07, 6.45) is 5.28. The van der Waals surface area contributed by atoms with E-state index in [2.05, 4.69) is 6.92 Å². The quantitative estimate of drug-likeness (QED) is 0.907. The van der Waals surface area contributed by atoms with Crippen molar-refractivity contribution in [2.75, 3.05) is 26.2 Å². The van der Waals surface area contributed by atoms with Gasteiger partial charge in [0, 0.05) is 0 Å². The van der Waals surface area contributed by atoms with E-state index in [1.54, 1.807) is 21.3 Å². The molecular weight excluding hydrogens is 308 g/mol. The number of benzene rings is 1. The fraction of sp³-hybridized carbons (Fsp3) is 0.667. The van der Waals surface area contributed by atoms with Gasteiger partial charge >= 0.3 is 0 Å². The van der Waals surface area contributed by atoms with Crippen molar-refractivity contribution in [1.82, 2.24) is 4.31 Å². The largest absolute Gasteiger partial charge is 0.330 e. The Morgan fingerprint density at radius 3 is 2.13 bits per heavy atom. The van der Waals surface area contributed by atoms with Gasteiger partial charge in [0.05, 0.1) is 37.1 Å². The van der Waals surface area contributed by atoms with Crippen molar-refractivity contribution < 1.29 is 13.3 Å². The van der Waals surface area contributed by atoms with Gasteiger partial charge in [-0.1, -0.05) is 24.6 Å². The Labute approximate surface area is 140 Å². The molecule has 128 valence electrons. The molecule has 1 aromatic rings. The lowest BCUT2D eigenvalue weighted by Crippen LogP contribution is -3.18. The van der Waals surface area contributed by atoms with Crippen molar-refractivity contribution in [3.63, 3.8) is 0 Å². The molecule has 23 heavy (non-hydrogen) atoms. The van der Waals surface area contributed by atoms with E-state index in [0.717, 1.165) is 30.6 Å². The molecule has 1 aliphatic heterocycles. The highest BCUT2D eigenvalue weighted by molar-refractivity contribution is 7.89. The maximum absolute atomic E-state index is 12.7. The van der Waals surface area contributed by atoms with Crippen LogP contribution in [0.5, 0.6) is 0 Å². The SMILES string of the molecule is Cc1ccc(S(=O)(=O)N2CC[NH+](C3CCC(C)CC3)CC2)cc1. The van der Waals surface area contributed by atoms with Crippen LogP contribution in [-0.2, 0) is 10.0 Å². The van der Waals surface area contributed by atoms with Crippen LogP contribution in [0.3, 0.4) is 0 Å². The molecule has 0 spiro atoms. The fourth-order valence-corrected chi connectivity index (χ4v) is 5.39. The minimum atomic E-state index is -3.32. The van der Waals surface area contributed by atoms with E-state index in [-0.39, 0.29) is 0 Å². The zero-order chi connectivity index (χ0) is 16.4. The van der Waals surface area contributed by atoms with Gasteiger partial charge in [-0.05, 0) is 50.7 Å². The predicted octanol–water partition coefficient (Wildman–Crippen LogP) is 1.46. The highest BCUT2D eigenvalue weighted by Crippen LogP contribution is 2.22. The molecule has 1 aliphatic carbocycles. The molecule has 1 saturated carbocycles. The number of rotatable bonds is 3. The topological polar surface area (TPSA) is 41.8 Å². The lowest BCUT2D eigenvalue weighted by molar-refractivity contribution is -0.930. The number of quaternary nitrogens is 1. The van der Waals surface area contributed by atoms with Crippen LogP contribution in [0.1, 0.15) is 38.2 Å². The Morgan fingerprint density at radius 2 is 1.57 bits per heavy atom. The molecule has 1 saturated heterocycles. The van der Waals surface area contributed by atoms with Crippen LogP contribution in [0.4, 0.5) is 0 Å². The summed E-state index contributed by atoms with van der Waals surface area (Å²) in [4.78, 5) is 2.05. The van der Waals surface area contributed by atoms with Gasteiger partial charge < -0.3 is 4.90 Å². The van der Waals surface area contributed by atoms with Crippen molar-refractivity contribution in [3.05, 3.63) is 29.8 Å². The summed E-state index contributed by atoms with van der Waals surface area (Å²) in [6, 6.07) is 7.95. The van der Waals surface area contributed by atoms with Crippen molar-refractivity contribution in [2.24, 2.45) is 5.92 Å². The molecule has 1 aromatic carbocycles. The van der Waals surface area contributed by atoms with Gasteiger partial charge in [-0.25, -0.2) is 8.42 Å². The van der Waals surface area contributed by atoms with Gasteiger partial charge in [0.25, 0.3) is 0 Å². The molecule has 0 radical (unpaired) electrons. The van der Waals surface area contributed by atoms with E-state index >= 15 is 0 Å². The van der Waals surface area contributed by atoms with Crippen LogP contribution >= 0.6 is 0 Å². The third-order valence-corrected chi connectivity index (χ3v) is 7.53. The lowest BCUT2D eigenvalue weighted by atomic mass is 9.86. The Bertz CT molecular complexity index is 611. The Hall–Kier alpha value is -0.910. The van der Waals surface area contributed by atoms with Crippen molar-refractivity contribution in [2.45, 2.75) is 50.5 Å². The van der Waals surface area contributed by atoms with Gasteiger partial charge in [-0.2, -0.15) is 4.31 Å². The normalized spacial score (nSPS) is 27.9. The van der Waals surface area contributed by atoms with E-state index in [1.807, 2.05) is 19.1 Å². The second-order valence-electron chi connectivity index (χ2n) is 7.33. The molecule has 0 amide bonds. The first-order valence-electron chi connectivity index (χ1n) is 8.88. The van der Waals surface area contributed by atoms with Gasteiger partial charge in [-0.3, -0.25) is 0 Å². The van der Waals surface area contributed by atoms with Crippen molar-refractivity contribution in [3.8, 4) is 0 Å². The molecule has 0 bridgehead atoms. The Kier molecular flexibility index (Phi) is 5.09. The molecule has 1 N–H and O–H groups in total. The number of sulfonamides is 1. The van der Waals surface area contributed by atoms with Crippen LogP contribution in [0.25, 0.3) is 0 Å². The van der Waals surface area contributed by atoms with E-state index in [9.17, 15) is 8.42 Å². The maximum atomic E-state index is 12.7. The van der Waals surface area contributed by atoms with Crippen molar-refractivity contribution >= 4 is 10.0 Å². The van der Waals surface area contributed by atoms with Crippen LogP contribution in [0, 0.1) is 12.8 Å². The summed E-state index contributed by atoms with van der Waals surface area (Å²) in [5.41, 5.74) is 1.09. The van der Waals surface area contributed by atoms with Crippen molar-refractivity contribution in [1.29, 1.82) is 0 Å². The van der Waals surface area contributed by atoms with Gasteiger partial charge in [0.2, 0.25) is 10.0 Å². The standard InChI is InChI=1S/C18H28N2O2S/c1-15-3-7-17(8-4-15)19-11-13-20(14-12-19)23(21,22)18-9-5-16(2)6-10-18/h5-6,9-10,15,17H,3-4,7-8,11-14H2,1-2H3/p+1. The molecule has 2 aliphatic rings.